The van der Waals surface area contributed by atoms with Crippen LogP contribution in [0.4, 0.5) is 5.69 Å². The molecule has 144 valence electrons. The third-order valence-electron chi connectivity index (χ3n) is 4.58. The van der Waals surface area contributed by atoms with Crippen molar-refractivity contribution in [2.24, 2.45) is 0 Å². The number of hydrogen-bond acceptors (Lipinski definition) is 4. The van der Waals surface area contributed by atoms with Crippen LogP contribution in [-0.2, 0) is 9.59 Å². The summed E-state index contributed by atoms with van der Waals surface area (Å²) in [6.07, 6.45) is 3.34. The van der Waals surface area contributed by atoms with E-state index in [0.29, 0.717) is 18.3 Å². The van der Waals surface area contributed by atoms with Gasteiger partial charge in [-0.25, -0.2) is 0 Å². The van der Waals surface area contributed by atoms with E-state index >= 15 is 0 Å². The first kappa shape index (κ1) is 20.6. The van der Waals surface area contributed by atoms with Crippen molar-refractivity contribution in [2.75, 3.05) is 50.1 Å². The maximum absolute atomic E-state index is 12.3. The summed E-state index contributed by atoms with van der Waals surface area (Å²) in [5, 5.41) is 3.16. The lowest BCUT2D eigenvalue weighted by molar-refractivity contribution is -0.131. The average molecular weight is 426 g/mol. The SMILES string of the molecule is COc1ccc(N2CCN(C(=O)CCCCCNC(=O)CBr)CC2)cc1. The number of carbonyl (C=O) groups is 2. The fraction of sp³-hybridized carbons (Fsp3) is 0.579. The smallest absolute Gasteiger partial charge is 0.230 e. The average Bonchev–Trinajstić information content (AvgIpc) is 2.70. The van der Waals surface area contributed by atoms with Gasteiger partial charge in [-0.2, -0.15) is 0 Å². The van der Waals surface area contributed by atoms with Crippen LogP contribution in [0.25, 0.3) is 0 Å². The summed E-state index contributed by atoms with van der Waals surface area (Å²) in [6.45, 7) is 3.94. The fourth-order valence-electron chi connectivity index (χ4n) is 3.02. The molecule has 0 unspecified atom stereocenters. The highest BCUT2D eigenvalue weighted by molar-refractivity contribution is 9.09. The lowest BCUT2D eigenvalue weighted by Gasteiger charge is -2.36. The molecule has 2 rings (SSSR count). The Morgan fingerprint density at radius 3 is 2.38 bits per heavy atom. The highest BCUT2D eigenvalue weighted by Crippen LogP contribution is 2.20. The van der Waals surface area contributed by atoms with Gasteiger partial charge in [0.25, 0.3) is 0 Å². The number of ether oxygens (including phenoxy) is 1. The third kappa shape index (κ3) is 6.52. The predicted octanol–water partition coefficient (Wildman–Crippen LogP) is 2.42. The first-order valence-corrected chi connectivity index (χ1v) is 10.3. The van der Waals surface area contributed by atoms with E-state index in [1.807, 2.05) is 17.0 Å². The molecule has 7 heteroatoms. The van der Waals surface area contributed by atoms with Gasteiger partial charge in [-0.1, -0.05) is 22.4 Å². The molecule has 1 saturated heterocycles. The summed E-state index contributed by atoms with van der Waals surface area (Å²) in [5.41, 5.74) is 1.17. The maximum Gasteiger partial charge on any atom is 0.230 e. The zero-order valence-electron chi connectivity index (χ0n) is 15.4. The lowest BCUT2D eigenvalue weighted by atomic mass is 10.1. The van der Waals surface area contributed by atoms with Gasteiger partial charge in [0.1, 0.15) is 5.75 Å². The molecule has 0 bridgehead atoms. The number of piperazine rings is 1. The van der Waals surface area contributed by atoms with Crippen molar-refractivity contribution in [3.63, 3.8) is 0 Å². The van der Waals surface area contributed by atoms with Crippen LogP contribution in [0.15, 0.2) is 24.3 Å². The fourth-order valence-corrected chi connectivity index (χ4v) is 3.22. The number of methoxy groups -OCH3 is 1. The summed E-state index contributed by atoms with van der Waals surface area (Å²) in [5.74, 6) is 1.11. The quantitative estimate of drug-likeness (QED) is 0.487. The van der Waals surface area contributed by atoms with Gasteiger partial charge in [0.15, 0.2) is 0 Å². The summed E-state index contributed by atoms with van der Waals surface area (Å²) in [7, 11) is 1.67. The Morgan fingerprint density at radius 1 is 1.08 bits per heavy atom. The lowest BCUT2D eigenvalue weighted by Crippen LogP contribution is -2.48. The van der Waals surface area contributed by atoms with Gasteiger partial charge in [0.2, 0.25) is 11.8 Å². The Hall–Kier alpha value is -1.76. The van der Waals surface area contributed by atoms with Crippen molar-refractivity contribution >= 4 is 33.4 Å². The molecule has 1 fully saturated rings. The topological polar surface area (TPSA) is 61.9 Å². The second-order valence-corrected chi connectivity index (χ2v) is 6.92. The van der Waals surface area contributed by atoms with Gasteiger partial charge in [-0.05, 0) is 37.1 Å². The first-order valence-electron chi connectivity index (χ1n) is 9.13. The molecule has 1 N–H and O–H groups in total. The van der Waals surface area contributed by atoms with Crippen molar-refractivity contribution in [1.82, 2.24) is 10.2 Å². The molecular weight excluding hydrogens is 398 g/mol. The summed E-state index contributed by atoms with van der Waals surface area (Å²) in [4.78, 5) is 27.7. The van der Waals surface area contributed by atoms with Crippen molar-refractivity contribution in [3.05, 3.63) is 24.3 Å². The van der Waals surface area contributed by atoms with Crippen molar-refractivity contribution < 1.29 is 14.3 Å². The molecule has 1 heterocycles. The Kier molecular flexibility index (Phi) is 8.74. The van der Waals surface area contributed by atoms with E-state index < -0.39 is 0 Å². The minimum absolute atomic E-state index is 0.0100. The molecule has 0 aromatic heterocycles. The summed E-state index contributed by atoms with van der Waals surface area (Å²) in [6, 6.07) is 8.05. The van der Waals surface area contributed by atoms with Gasteiger partial charge >= 0.3 is 0 Å². The summed E-state index contributed by atoms with van der Waals surface area (Å²) >= 11 is 3.11. The van der Waals surface area contributed by atoms with Crippen LogP contribution < -0.4 is 15.0 Å². The first-order chi connectivity index (χ1) is 12.6. The number of hydrogen-bond donors (Lipinski definition) is 1. The highest BCUT2D eigenvalue weighted by atomic mass is 79.9. The standard InChI is InChI=1S/C19H28BrN3O3/c1-26-17-8-6-16(7-9-17)22-11-13-23(14-12-22)19(25)5-3-2-4-10-21-18(24)15-20/h6-9H,2-5,10-15H2,1H3,(H,21,24). The number of nitrogens with zero attached hydrogens (tertiary/aromatic N) is 2. The molecule has 0 atom stereocenters. The number of alkyl halides is 1. The number of unbranched alkanes of at least 4 members (excludes halogenated alkanes) is 2. The van der Waals surface area contributed by atoms with Gasteiger partial charge in [-0.15, -0.1) is 0 Å². The zero-order chi connectivity index (χ0) is 18.8. The molecular formula is C19H28BrN3O3. The zero-order valence-corrected chi connectivity index (χ0v) is 17.0. The van der Waals surface area contributed by atoms with Gasteiger partial charge in [-0.3, -0.25) is 9.59 Å². The third-order valence-corrected chi connectivity index (χ3v) is 5.09. The van der Waals surface area contributed by atoms with Gasteiger partial charge in [0.05, 0.1) is 12.4 Å². The predicted molar refractivity (Wildman–Crippen MR) is 107 cm³/mol. The molecule has 6 nitrogen and oxygen atoms in total. The number of carbonyl (C=O) groups excluding carboxylic acids is 2. The van der Waals surface area contributed by atoms with Crippen molar-refractivity contribution in [1.29, 1.82) is 0 Å². The Labute approximate surface area is 164 Å². The minimum Gasteiger partial charge on any atom is -0.497 e. The van der Waals surface area contributed by atoms with E-state index in [2.05, 4.69) is 38.3 Å². The van der Waals surface area contributed by atoms with Gasteiger partial charge < -0.3 is 19.9 Å². The second kappa shape index (κ2) is 11.1. The number of amides is 2. The van der Waals surface area contributed by atoms with Crippen LogP contribution in [0.3, 0.4) is 0 Å². The number of nitrogens with one attached hydrogen (secondary N) is 1. The molecule has 26 heavy (non-hydrogen) atoms. The molecule has 1 aliphatic heterocycles. The largest absolute Gasteiger partial charge is 0.497 e. The monoisotopic (exact) mass is 425 g/mol. The normalized spacial score (nSPS) is 14.2. The van der Waals surface area contributed by atoms with Crippen LogP contribution in [-0.4, -0.2) is 61.9 Å². The molecule has 0 spiro atoms. The van der Waals surface area contributed by atoms with Gasteiger partial charge in [0, 0.05) is 44.8 Å². The van der Waals surface area contributed by atoms with Crippen LogP contribution in [0.1, 0.15) is 25.7 Å². The highest BCUT2D eigenvalue weighted by Gasteiger charge is 2.20. The second-order valence-electron chi connectivity index (χ2n) is 6.36. The van der Waals surface area contributed by atoms with E-state index in [1.54, 1.807) is 7.11 Å². The molecule has 0 radical (unpaired) electrons. The molecule has 1 aliphatic rings. The van der Waals surface area contributed by atoms with Crippen LogP contribution in [0.2, 0.25) is 0 Å². The molecule has 0 aliphatic carbocycles. The van der Waals surface area contributed by atoms with E-state index in [4.69, 9.17) is 4.74 Å². The maximum atomic E-state index is 12.3. The Bertz CT molecular complexity index is 572. The van der Waals surface area contributed by atoms with E-state index in [9.17, 15) is 9.59 Å². The van der Waals surface area contributed by atoms with E-state index in [0.717, 1.165) is 51.2 Å². The number of anilines is 1. The Balaban J connectivity index is 1.62. The van der Waals surface area contributed by atoms with Crippen LogP contribution >= 0.6 is 15.9 Å². The molecule has 0 saturated carbocycles. The Morgan fingerprint density at radius 2 is 1.77 bits per heavy atom. The van der Waals surface area contributed by atoms with Crippen LogP contribution in [0, 0.1) is 0 Å². The summed E-state index contributed by atoms with van der Waals surface area (Å²) < 4.78 is 5.19. The number of rotatable bonds is 9. The van der Waals surface area contributed by atoms with Crippen molar-refractivity contribution in [2.45, 2.75) is 25.7 Å². The number of benzene rings is 1. The van der Waals surface area contributed by atoms with E-state index in [1.165, 1.54) is 5.69 Å². The van der Waals surface area contributed by atoms with Crippen molar-refractivity contribution in [3.8, 4) is 5.75 Å². The van der Waals surface area contributed by atoms with E-state index in [-0.39, 0.29) is 11.8 Å². The number of halogens is 1. The molecule has 1 aromatic rings. The minimum atomic E-state index is 0.0100. The van der Waals surface area contributed by atoms with Crippen LogP contribution in [0.5, 0.6) is 5.75 Å². The molecule has 2 amide bonds. The molecule has 1 aromatic carbocycles.